The first-order chi connectivity index (χ1) is 8.70. The minimum Gasteiger partial charge on any atom is -0.491 e. The maximum atomic E-state index is 11.9. The molecule has 1 unspecified atom stereocenters. The smallest absolute Gasteiger partial charge is 0.225 e. The molecule has 3 nitrogen and oxygen atoms in total. The first kappa shape index (κ1) is 15.5. The number of rotatable bonds is 4. The van der Waals surface area contributed by atoms with Crippen LogP contribution in [0.5, 0.6) is 5.75 Å². The summed E-state index contributed by atoms with van der Waals surface area (Å²) in [7, 11) is 0. The molecule has 3 heteroatoms. The summed E-state index contributed by atoms with van der Waals surface area (Å²) in [5, 5.41) is 3.02. The predicted octanol–water partition coefficient (Wildman–Crippen LogP) is 3.70. The van der Waals surface area contributed by atoms with Gasteiger partial charge in [-0.05, 0) is 38.5 Å². The standard InChI is InChI=1S/C16H25NO2/c1-11(2)19-14-9-7-13(8-10-14)12(3)17-15(18)16(4,5)6/h7-12H,1-6H3,(H,17,18). The van der Waals surface area contributed by atoms with Gasteiger partial charge in [0, 0.05) is 5.41 Å². The van der Waals surface area contributed by atoms with E-state index in [1.807, 2.05) is 65.8 Å². The minimum atomic E-state index is -0.366. The number of hydrogen-bond donors (Lipinski definition) is 1. The summed E-state index contributed by atoms with van der Waals surface area (Å²) in [4.78, 5) is 11.9. The van der Waals surface area contributed by atoms with Gasteiger partial charge in [0.25, 0.3) is 0 Å². The number of ether oxygens (including phenoxy) is 1. The van der Waals surface area contributed by atoms with Gasteiger partial charge in [0.2, 0.25) is 5.91 Å². The van der Waals surface area contributed by atoms with Crippen molar-refractivity contribution in [3.8, 4) is 5.75 Å². The summed E-state index contributed by atoms with van der Waals surface area (Å²) in [6.07, 6.45) is 0.170. The summed E-state index contributed by atoms with van der Waals surface area (Å²) in [5.41, 5.74) is 0.711. The molecule has 0 aliphatic heterocycles. The number of amides is 1. The normalized spacial score (nSPS) is 13.2. The molecule has 0 aliphatic rings. The zero-order valence-corrected chi connectivity index (χ0v) is 12.8. The summed E-state index contributed by atoms with van der Waals surface area (Å²) in [6.45, 7) is 11.7. The first-order valence-electron chi connectivity index (χ1n) is 6.77. The van der Waals surface area contributed by atoms with Gasteiger partial charge in [0.05, 0.1) is 12.1 Å². The highest BCUT2D eigenvalue weighted by molar-refractivity contribution is 5.81. The van der Waals surface area contributed by atoms with Crippen LogP contribution in [-0.4, -0.2) is 12.0 Å². The van der Waals surface area contributed by atoms with Crippen LogP contribution >= 0.6 is 0 Å². The third kappa shape index (κ3) is 4.93. The average molecular weight is 263 g/mol. The SMILES string of the molecule is CC(C)Oc1ccc(C(C)NC(=O)C(C)(C)C)cc1. The van der Waals surface area contributed by atoms with E-state index in [4.69, 9.17) is 4.74 Å². The summed E-state index contributed by atoms with van der Waals surface area (Å²) >= 11 is 0. The Morgan fingerprint density at radius 2 is 1.63 bits per heavy atom. The molecule has 0 aliphatic carbocycles. The fourth-order valence-electron chi connectivity index (χ4n) is 1.60. The Morgan fingerprint density at radius 1 is 1.11 bits per heavy atom. The van der Waals surface area contributed by atoms with Crippen molar-refractivity contribution in [2.24, 2.45) is 5.41 Å². The number of carbonyl (C=O) groups is 1. The molecule has 0 bridgehead atoms. The van der Waals surface area contributed by atoms with Gasteiger partial charge in [0.1, 0.15) is 5.75 Å². The van der Waals surface area contributed by atoms with Gasteiger partial charge in [-0.25, -0.2) is 0 Å². The lowest BCUT2D eigenvalue weighted by molar-refractivity contribution is -0.129. The molecule has 0 saturated carbocycles. The Kier molecular flexibility index (Phi) is 4.98. The average Bonchev–Trinajstić information content (AvgIpc) is 2.27. The maximum absolute atomic E-state index is 11.9. The molecule has 0 radical (unpaired) electrons. The third-order valence-corrected chi connectivity index (χ3v) is 2.78. The topological polar surface area (TPSA) is 38.3 Å². The molecule has 1 atom stereocenters. The highest BCUT2D eigenvalue weighted by Crippen LogP contribution is 2.20. The van der Waals surface area contributed by atoms with Crippen LogP contribution in [0.25, 0.3) is 0 Å². The van der Waals surface area contributed by atoms with Crippen molar-refractivity contribution < 1.29 is 9.53 Å². The predicted molar refractivity (Wildman–Crippen MR) is 78.2 cm³/mol. The zero-order chi connectivity index (χ0) is 14.6. The van der Waals surface area contributed by atoms with Gasteiger partial charge in [-0.2, -0.15) is 0 Å². The van der Waals surface area contributed by atoms with E-state index in [0.29, 0.717) is 0 Å². The molecule has 1 N–H and O–H groups in total. The molecule has 0 spiro atoms. The van der Waals surface area contributed by atoms with Crippen molar-refractivity contribution in [1.82, 2.24) is 5.32 Å². The van der Waals surface area contributed by atoms with E-state index in [1.165, 1.54) is 0 Å². The van der Waals surface area contributed by atoms with E-state index in [2.05, 4.69) is 5.32 Å². The molecule has 1 rings (SSSR count). The van der Waals surface area contributed by atoms with Crippen LogP contribution in [0, 0.1) is 5.41 Å². The second kappa shape index (κ2) is 6.09. The van der Waals surface area contributed by atoms with E-state index in [0.717, 1.165) is 11.3 Å². The fraction of sp³-hybridized carbons (Fsp3) is 0.562. The first-order valence-corrected chi connectivity index (χ1v) is 6.77. The second-order valence-electron chi connectivity index (χ2n) is 6.18. The quantitative estimate of drug-likeness (QED) is 0.899. The molecule has 0 heterocycles. The van der Waals surface area contributed by atoms with E-state index < -0.39 is 0 Å². The van der Waals surface area contributed by atoms with Crippen LogP contribution in [0.3, 0.4) is 0 Å². The number of nitrogens with one attached hydrogen (secondary N) is 1. The van der Waals surface area contributed by atoms with Crippen molar-refractivity contribution in [3.05, 3.63) is 29.8 Å². The van der Waals surface area contributed by atoms with E-state index >= 15 is 0 Å². The second-order valence-corrected chi connectivity index (χ2v) is 6.18. The van der Waals surface area contributed by atoms with Crippen LogP contribution in [0.1, 0.15) is 53.1 Å². The van der Waals surface area contributed by atoms with Crippen LogP contribution in [0.2, 0.25) is 0 Å². The Balaban J connectivity index is 2.68. The van der Waals surface area contributed by atoms with E-state index in [1.54, 1.807) is 0 Å². The van der Waals surface area contributed by atoms with Crippen LogP contribution in [0.15, 0.2) is 24.3 Å². The van der Waals surface area contributed by atoms with Crippen LogP contribution < -0.4 is 10.1 Å². The van der Waals surface area contributed by atoms with Crippen molar-refractivity contribution in [1.29, 1.82) is 0 Å². The molecule has 0 fully saturated rings. The lowest BCUT2D eigenvalue weighted by atomic mass is 9.94. The van der Waals surface area contributed by atoms with Gasteiger partial charge in [0.15, 0.2) is 0 Å². The van der Waals surface area contributed by atoms with Crippen molar-refractivity contribution in [3.63, 3.8) is 0 Å². The number of carbonyl (C=O) groups excluding carboxylic acids is 1. The van der Waals surface area contributed by atoms with Gasteiger partial charge < -0.3 is 10.1 Å². The van der Waals surface area contributed by atoms with Gasteiger partial charge >= 0.3 is 0 Å². The monoisotopic (exact) mass is 263 g/mol. The van der Waals surface area contributed by atoms with Crippen molar-refractivity contribution in [2.45, 2.75) is 53.7 Å². The highest BCUT2D eigenvalue weighted by Gasteiger charge is 2.22. The van der Waals surface area contributed by atoms with E-state index in [9.17, 15) is 4.79 Å². The minimum absolute atomic E-state index is 0.000162. The van der Waals surface area contributed by atoms with E-state index in [-0.39, 0.29) is 23.5 Å². The lowest BCUT2D eigenvalue weighted by Gasteiger charge is -2.22. The largest absolute Gasteiger partial charge is 0.491 e. The molecule has 1 amide bonds. The van der Waals surface area contributed by atoms with Gasteiger partial charge in [-0.3, -0.25) is 4.79 Å². The van der Waals surface area contributed by atoms with Gasteiger partial charge in [-0.1, -0.05) is 32.9 Å². The summed E-state index contributed by atoms with van der Waals surface area (Å²) in [6, 6.07) is 7.86. The number of benzene rings is 1. The molecule has 106 valence electrons. The lowest BCUT2D eigenvalue weighted by Crippen LogP contribution is -2.36. The molecule has 1 aromatic carbocycles. The van der Waals surface area contributed by atoms with Crippen LogP contribution in [0.4, 0.5) is 0 Å². The Morgan fingerprint density at radius 3 is 2.05 bits per heavy atom. The molecule has 1 aromatic rings. The van der Waals surface area contributed by atoms with Crippen molar-refractivity contribution >= 4 is 5.91 Å². The van der Waals surface area contributed by atoms with Gasteiger partial charge in [-0.15, -0.1) is 0 Å². The molecule has 19 heavy (non-hydrogen) atoms. The highest BCUT2D eigenvalue weighted by atomic mass is 16.5. The fourth-order valence-corrected chi connectivity index (χ4v) is 1.60. The zero-order valence-electron chi connectivity index (χ0n) is 12.8. The van der Waals surface area contributed by atoms with Crippen LogP contribution in [-0.2, 0) is 4.79 Å². The molecule has 0 aromatic heterocycles. The van der Waals surface area contributed by atoms with Crippen molar-refractivity contribution in [2.75, 3.05) is 0 Å². The molecular weight excluding hydrogens is 238 g/mol. The third-order valence-electron chi connectivity index (χ3n) is 2.78. The molecule has 0 saturated heterocycles. The summed E-state index contributed by atoms with van der Waals surface area (Å²) in [5.74, 6) is 0.913. The molecular formula is C16H25NO2. The summed E-state index contributed by atoms with van der Waals surface area (Å²) < 4.78 is 5.60. The maximum Gasteiger partial charge on any atom is 0.225 e. The Bertz CT molecular complexity index is 415. The number of hydrogen-bond acceptors (Lipinski definition) is 2. The Labute approximate surface area is 116 Å². The Hall–Kier alpha value is -1.51.